The highest BCUT2D eigenvalue weighted by Gasteiger charge is 2.31. The van der Waals surface area contributed by atoms with Crippen LogP contribution in [0.3, 0.4) is 0 Å². The van der Waals surface area contributed by atoms with E-state index < -0.39 is 0 Å². The summed E-state index contributed by atoms with van der Waals surface area (Å²) in [5.74, 6) is 2.98. The molecule has 2 heteroatoms. The largest absolute Gasteiger partial charge is 0.395 e. The van der Waals surface area contributed by atoms with Crippen molar-refractivity contribution in [3.63, 3.8) is 0 Å². The Balaban J connectivity index is 1.71. The van der Waals surface area contributed by atoms with Crippen LogP contribution in [-0.4, -0.2) is 24.8 Å². The van der Waals surface area contributed by atoms with Crippen LogP contribution in [0, 0.1) is 17.8 Å². The molecule has 0 aromatic heterocycles. The molecule has 2 nitrogen and oxygen atoms in total. The second-order valence-corrected chi connectivity index (χ2v) is 5.41. The molecule has 0 spiro atoms. The molecule has 0 bridgehead atoms. The molecule has 0 heterocycles. The lowest BCUT2D eigenvalue weighted by Crippen LogP contribution is -2.33. The molecular weight excluding hydrogens is 186 g/mol. The molecule has 15 heavy (non-hydrogen) atoms. The summed E-state index contributed by atoms with van der Waals surface area (Å²) in [5.41, 5.74) is 0. The highest BCUT2D eigenvalue weighted by atomic mass is 16.3. The summed E-state index contributed by atoms with van der Waals surface area (Å²) in [4.78, 5) is 0. The first-order chi connectivity index (χ1) is 7.40. The number of hydrogen-bond donors (Lipinski definition) is 2. The predicted molar refractivity (Wildman–Crippen MR) is 62.7 cm³/mol. The van der Waals surface area contributed by atoms with Gasteiger partial charge < -0.3 is 10.4 Å². The van der Waals surface area contributed by atoms with Gasteiger partial charge in [-0.1, -0.05) is 25.7 Å². The van der Waals surface area contributed by atoms with E-state index in [1.54, 1.807) is 0 Å². The van der Waals surface area contributed by atoms with Gasteiger partial charge in [0, 0.05) is 6.54 Å². The van der Waals surface area contributed by atoms with Crippen molar-refractivity contribution in [3.8, 4) is 0 Å². The van der Waals surface area contributed by atoms with Crippen LogP contribution >= 0.6 is 0 Å². The van der Waals surface area contributed by atoms with Crippen LogP contribution in [0.2, 0.25) is 0 Å². The standard InChI is InChI=1S/C13H25NO/c15-8-7-14-10-11-5-6-12-3-1-2-4-13(12)9-11/h11-15H,1-10H2. The quantitative estimate of drug-likeness (QED) is 0.699. The third-order valence-corrected chi connectivity index (χ3v) is 4.37. The highest BCUT2D eigenvalue weighted by molar-refractivity contribution is 4.83. The zero-order valence-electron chi connectivity index (χ0n) is 9.75. The van der Waals surface area contributed by atoms with Gasteiger partial charge in [-0.15, -0.1) is 0 Å². The molecular formula is C13H25NO. The summed E-state index contributed by atoms with van der Waals surface area (Å²) in [7, 11) is 0. The van der Waals surface area contributed by atoms with Crippen LogP contribution in [0.4, 0.5) is 0 Å². The normalized spacial score (nSPS) is 36.2. The van der Waals surface area contributed by atoms with Gasteiger partial charge in [0.15, 0.2) is 0 Å². The van der Waals surface area contributed by atoms with Crippen molar-refractivity contribution in [1.82, 2.24) is 5.32 Å². The highest BCUT2D eigenvalue weighted by Crippen LogP contribution is 2.42. The number of aliphatic hydroxyl groups excluding tert-OH is 1. The zero-order valence-corrected chi connectivity index (χ0v) is 9.75. The van der Waals surface area contributed by atoms with E-state index in [1.807, 2.05) is 0 Å². The fourth-order valence-electron chi connectivity index (χ4n) is 3.54. The summed E-state index contributed by atoms with van der Waals surface area (Å²) in [6.45, 7) is 2.17. The van der Waals surface area contributed by atoms with Gasteiger partial charge in [0.05, 0.1) is 6.61 Å². The minimum Gasteiger partial charge on any atom is -0.395 e. The molecule has 0 aromatic carbocycles. The molecule has 0 radical (unpaired) electrons. The Morgan fingerprint density at radius 1 is 1.00 bits per heavy atom. The second-order valence-electron chi connectivity index (χ2n) is 5.41. The Bertz CT molecular complexity index is 181. The van der Waals surface area contributed by atoms with Crippen molar-refractivity contribution in [2.75, 3.05) is 19.7 Å². The Labute approximate surface area is 93.5 Å². The lowest BCUT2D eigenvalue weighted by Gasteiger charge is -2.39. The Hall–Kier alpha value is -0.0800. The van der Waals surface area contributed by atoms with Crippen molar-refractivity contribution < 1.29 is 5.11 Å². The average molecular weight is 211 g/mol. The van der Waals surface area contributed by atoms with Crippen LogP contribution in [0.1, 0.15) is 44.9 Å². The number of nitrogens with one attached hydrogen (secondary N) is 1. The topological polar surface area (TPSA) is 32.3 Å². The maximum absolute atomic E-state index is 8.72. The van der Waals surface area contributed by atoms with Gasteiger partial charge in [-0.25, -0.2) is 0 Å². The monoisotopic (exact) mass is 211 g/mol. The average Bonchev–Trinajstić information content (AvgIpc) is 2.29. The van der Waals surface area contributed by atoms with E-state index in [2.05, 4.69) is 5.32 Å². The number of fused-ring (bicyclic) bond motifs is 1. The van der Waals surface area contributed by atoms with Crippen LogP contribution in [0.5, 0.6) is 0 Å². The lowest BCUT2D eigenvalue weighted by molar-refractivity contribution is 0.128. The van der Waals surface area contributed by atoms with Crippen molar-refractivity contribution in [2.45, 2.75) is 44.9 Å². The Morgan fingerprint density at radius 2 is 1.80 bits per heavy atom. The molecule has 0 amide bonds. The molecule has 2 fully saturated rings. The van der Waals surface area contributed by atoms with Gasteiger partial charge >= 0.3 is 0 Å². The van der Waals surface area contributed by atoms with Crippen molar-refractivity contribution >= 4 is 0 Å². The van der Waals surface area contributed by atoms with E-state index in [-0.39, 0.29) is 6.61 Å². The first kappa shape index (κ1) is 11.4. The van der Waals surface area contributed by atoms with Crippen LogP contribution < -0.4 is 5.32 Å². The van der Waals surface area contributed by atoms with Crippen molar-refractivity contribution in [3.05, 3.63) is 0 Å². The summed E-state index contributed by atoms with van der Waals surface area (Å²) < 4.78 is 0. The van der Waals surface area contributed by atoms with E-state index in [4.69, 9.17) is 5.11 Å². The van der Waals surface area contributed by atoms with E-state index in [0.29, 0.717) is 0 Å². The first-order valence-corrected chi connectivity index (χ1v) is 6.71. The molecule has 0 aliphatic heterocycles. The third kappa shape index (κ3) is 3.18. The Morgan fingerprint density at radius 3 is 2.60 bits per heavy atom. The van der Waals surface area contributed by atoms with Crippen LogP contribution in [0.25, 0.3) is 0 Å². The van der Waals surface area contributed by atoms with Gasteiger partial charge in [0.1, 0.15) is 0 Å². The fourth-order valence-corrected chi connectivity index (χ4v) is 3.54. The third-order valence-electron chi connectivity index (χ3n) is 4.37. The minimum absolute atomic E-state index is 0.277. The van der Waals surface area contributed by atoms with Crippen molar-refractivity contribution in [1.29, 1.82) is 0 Å². The zero-order chi connectivity index (χ0) is 10.5. The van der Waals surface area contributed by atoms with E-state index in [9.17, 15) is 0 Å². The lowest BCUT2D eigenvalue weighted by atomic mass is 9.67. The first-order valence-electron chi connectivity index (χ1n) is 6.71. The molecule has 88 valence electrons. The molecule has 2 saturated carbocycles. The number of hydrogen-bond acceptors (Lipinski definition) is 2. The Kier molecular flexibility index (Phi) is 4.45. The van der Waals surface area contributed by atoms with Gasteiger partial charge in [-0.3, -0.25) is 0 Å². The van der Waals surface area contributed by atoms with Gasteiger partial charge in [-0.2, -0.15) is 0 Å². The molecule has 2 aliphatic carbocycles. The molecule has 3 atom stereocenters. The molecule has 0 saturated heterocycles. The summed E-state index contributed by atoms with van der Waals surface area (Å²) in [5, 5.41) is 12.1. The SMILES string of the molecule is OCCNCC1CCC2CCCCC2C1. The van der Waals surface area contributed by atoms with Crippen LogP contribution in [0.15, 0.2) is 0 Å². The number of rotatable bonds is 4. The molecule has 2 N–H and O–H groups in total. The minimum atomic E-state index is 0.277. The summed E-state index contributed by atoms with van der Waals surface area (Å²) in [6, 6.07) is 0. The van der Waals surface area contributed by atoms with E-state index >= 15 is 0 Å². The molecule has 2 rings (SSSR count). The fraction of sp³-hybridized carbons (Fsp3) is 1.00. The second kappa shape index (κ2) is 5.86. The maximum Gasteiger partial charge on any atom is 0.0555 e. The smallest absolute Gasteiger partial charge is 0.0555 e. The van der Waals surface area contributed by atoms with Gasteiger partial charge in [-0.05, 0) is 43.6 Å². The maximum atomic E-state index is 8.72. The van der Waals surface area contributed by atoms with Crippen LogP contribution in [-0.2, 0) is 0 Å². The number of aliphatic hydroxyl groups is 1. The van der Waals surface area contributed by atoms with Crippen molar-refractivity contribution in [2.24, 2.45) is 17.8 Å². The van der Waals surface area contributed by atoms with E-state index in [0.717, 1.165) is 30.8 Å². The molecule has 2 aliphatic rings. The summed E-state index contributed by atoms with van der Waals surface area (Å²) >= 11 is 0. The van der Waals surface area contributed by atoms with E-state index in [1.165, 1.54) is 44.9 Å². The molecule has 3 unspecified atom stereocenters. The van der Waals surface area contributed by atoms with Gasteiger partial charge in [0.25, 0.3) is 0 Å². The predicted octanol–water partition coefficient (Wildman–Crippen LogP) is 2.17. The van der Waals surface area contributed by atoms with Gasteiger partial charge in [0.2, 0.25) is 0 Å². The molecule has 0 aromatic rings. The summed E-state index contributed by atoms with van der Waals surface area (Å²) in [6.07, 6.45) is 10.3.